The van der Waals surface area contributed by atoms with Gasteiger partial charge < -0.3 is 5.48 Å². The minimum Gasteiger partial charge on any atom is -0.412 e. The van der Waals surface area contributed by atoms with Gasteiger partial charge in [0.25, 0.3) is 0 Å². The van der Waals surface area contributed by atoms with Gasteiger partial charge in [-0.1, -0.05) is 13.8 Å². The van der Waals surface area contributed by atoms with Gasteiger partial charge in [0.2, 0.25) is 0 Å². The second-order valence-electron chi connectivity index (χ2n) is 0.643. The third-order valence-electron chi connectivity index (χ3n) is 0.199. The fourth-order valence-corrected chi connectivity index (χ4v) is 0. The summed E-state index contributed by atoms with van der Waals surface area (Å²) in [5.41, 5.74) is 0. The maximum absolute atomic E-state index is 9.54. The summed E-state index contributed by atoms with van der Waals surface area (Å²) >= 11 is 0. The van der Waals surface area contributed by atoms with Crippen LogP contribution in [0.15, 0.2) is 0 Å². The third kappa shape index (κ3) is 108. The van der Waals surface area contributed by atoms with E-state index in [2.05, 4.69) is 14.9 Å². The fraction of sp³-hybridized carbons (Fsp3) is 0.750. The van der Waals surface area contributed by atoms with Crippen molar-refractivity contribution in [3.63, 3.8) is 0 Å². The lowest BCUT2D eigenvalue weighted by Gasteiger charge is -1.80. The van der Waals surface area contributed by atoms with Crippen molar-refractivity contribution >= 4 is 26.2 Å². The Hall–Kier alpha value is -0.460. The summed E-state index contributed by atoms with van der Waals surface area (Å²) in [5.74, 6) is 0. The Morgan fingerprint density at radius 1 is 1.25 bits per heavy atom. The average Bonchev–Trinajstić information content (AvgIpc) is 1.93. The molecule has 0 aromatic heterocycles. The molecule has 0 spiro atoms. The molecule has 0 aliphatic rings. The molecule has 0 heterocycles. The number of hydrogen-bond acceptors (Lipinski definition) is 5. The molecule has 0 rings (SSSR count). The fourth-order valence-electron chi connectivity index (χ4n) is 0. The van der Waals surface area contributed by atoms with Crippen molar-refractivity contribution in [2.45, 2.75) is 13.8 Å². The van der Waals surface area contributed by atoms with Gasteiger partial charge in [-0.15, -0.1) is 0 Å². The van der Waals surface area contributed by atoms with Gasteiger partial charge >= 0.3 is 15.5 Å². The van der Waals surface area contributed by atoms with Gasteiger partial charge in [-0.05, 0) is 0 Å². The lowest BCUT2D eigenvalue weighted by Crippen LogP contribution is -1.87. The molecule has 0 radical (unpaired) electrons. The molecule has 0 saturated heterocycles. The van der Waals surface area contributed by atoms with Crippen LogP contribution in [0.2, 0.25) is 0 Å². The van der Waals surface area contributed by atoms with E-state index in [1.807, 2.05) is 13.8 Å². The molecule has 0 fully saturated rings. The highest BCUT2D eigenvalue weighted by Gasteiger charge is 1.95. The van der Waals surface area contributed by atoms with Crippen LogP contribution < -0.4 is 0 Å². The number of halogens is 1. The second-order valence-corrected chi connectivity index (χ2v) is 2.90. The molecule has 0 aromatic rings. The van der Waals surface area contributed by atoms with Crippen LogP contribution in [-0.2, 0) is 23.1 Å². The van der Waals surface area contributed by atoms with Gasteiger partial charge in [0.15, 0.2) is 0 Å². The Morgan fingerprint density at radius 3 is 1.33 bits per heavy atom. The van der Waals surface area contributed by atoms with Crippen molar-refractivity contribution in [3.05, 3.63) is 0 Å². The van der Waals surface area contributed by atoms with Crippen molar-refractivity contribution in [3.8, 4) is 0 Å². The first-order chi connectivity index (χ1) is 4.97. The normalized spacial score (nSPS) is 7.00. The first-order valence-corrected chi connectivity index (χ1v) is 4.71. The monoisotopic (exact) mass is 222 g/mol. The average molecular weight is 223 g/mol. The molecule has 8 heteroatoms. The summed E-state index contributed by atoms with van der Waals surface area (Å²) in [6.07, 6.45) is 0.250. The molecule has 2 N–H and O–H groups in total. The molecule has 0 bridgehead atoms. The minimum absolute atomic E-state index is 0. The van der Waals surface area contributed by atoms with Crippen LogP contribution in [0.25, 0.3) is 0 Å². The van der Waals surface area contributed by atoms with E-state index in [0.717, 1.165) is 7.11 Å². The highest BCUT2D eigenvalue weighted by atomic mass is 35.7. The van der Waals surface area contributed by atoms with E-state index in [1.54, 1.807) is 0 Å². The molecule has 0 aliphatic heterocycles. The highest BCUT2D eigenvalue weighted by Crippen LogP contribution is 1.92. The Kier molecular flexibility index (Phi) is 31.7. The lowest BCUT2D eigenvalue weighted by atomic mass is 11.0. The predicted octanol–water partition coefficient (Wildman–Crippen LogP) is -0.266. The SMILES string of the molecule is CC.COS(=O)(=O)Cl.O.O=C=O. The number of carbonyl (C=O) groups excluding carboxylic acids is 2. The number of rotatable bonds is 1. The molecule has 0 atom stereocenters. The zero-order chi connectivity index (χ0) is 9.91. The summed E-state index contributed by atoms with van der Waals surface area (Å²) in [5, 5.41) is 0. The van der Waals surface area contributed by atoms with Gasteiger partial charge in [0.1, 0.15) is 0 Å². The topological polar surface area (TPSA) is 109 Å². The zero-order valence-electron chi connectivity index (χ0n) is 6.83. The Balaban J connectivity index is -0.0000000462. The number of hydrogen-bond donors (Lipinski definition) is 0. The maximum Gasteiger partial charge on any atom is 0.373 e. The van der Waals surface area contributed by atoms with E-state index in [0.29, 0.717) is 0 Å². The Bertz CT molecular complexity index is 180. The van der Waals surface area contributed by atoms with Gasteiger partial charge in [0.05, 0.1) is 7.11 Å². The van der Waals surface area contributed by atoms with Crippen molar-refractivity contribution < 1.29 is 27.7 Å². The molecule has 12 heavy (non-hydrogen) atoms. The van der Waals surface area contributed by atoms with Crippen molar-refractivity contribution in [2.75, 3.05) is 7.11 Å². The van der Waals surface area contributed by atoms with Crippen LogP contribution in [-0.4, -0.2) is 27.2 Å². The summed E-state index contributed by atoms with van der Waals surface area (Å²) in [7, 11) is 1.77. The second kappa shape index (κ2) is 16.9. The van der Waals surface area contributed by atoms with E-state index in [1.165, 1.54) is 0 Å². The van der Waals surface area contributed by atoms with E-state index in [4.69, 9.17) is 9.59 Å². The smallest absolute Gasteiger partial charge is 0.373 e. The minimum atomic E-state index is -3.69. The van der Waals surface area contributed by atoms with Crippen molar-refractivity contribution in [1.29, 1.82) is 0 Å². The van der Waals surface area contributed by atoms with E-state index >= 15 is 0 Å². The van der Waals surface area contributed by atoms with Crippen molar-refractivity contribution in [1.82, 2.24) is 0 Å². The molecule has 0 unspecified atom stereocenters. The molecule has 6 nitrogen and oxygen atoms in total. The largest absolute Gasteiger partial charge is 0.412 e. The molecule has 0 saturated carbocycles. The van der Waals surface area contributed by atoms with Gasteiger partial charge in [-0.2, -0.15) is 18.0 Å². The van der Waals surface area contributed by atoms with E-state index < -0.39 is 9.33 Å². The zero-order valence-corrected chi connectivity index (χ0v) is 8.40. The van der Waals surface area contributed by atoms with Crippen LogP contribution in [0, 0.1) is 0 Å². The van der Waals surface area contributed by atoms with Gasteiger partial charge in [-0.25, -0.2) is 0 Å². The van der Waals surface area contributed by atoms with Crippen LogP contribution in [0.4, 0.5) is 0 Å². The summed E-state index contributed by atoms with van der Waals surface area (Å²) in [6, 6.07) is 0. The standard InChI is InChI=1S/C2H6.CH3ClO3S.CO2.H2O/c1-2;1-5-6(2,3)4;2-1-3;/h1-2H3;1H3;;1H2. The van der Waals surface area contributed by atoms with E-state index in [-0.39, 0.29) is 11.6 Å². The van der Waals surface area contributed by atoms with Crippen LogP contribution >= 0.6 is 10.7 Å². The van der Waals surface area contributed by atoms with Crippen LogP contribution in [0.5, 0.6) is 0 Å². The first kappa shape index (κ1) is 22.5. The van der Waals surface area contributed by atoms with Crippen LogP contribution in [0.1, 0.15) is 13.8 Å². The Labute approximate surface area is 75.4 Å². The molecule has 0 amide bonds. The van der Waals surface area contributed by atoms with Crippen molar-refractivity contribution in [2.24, 2.45) is 0 Å². The van der Waals surface area contributed by atoms with Gasteiger partial charge in [-0.3, -0.25) is 4.18 Å². The summed E-state index contributed by atoms with van der Waals surface area (Å²) in [4.78, 5) is 16.2. The molecule has 0 aromatic carbocycles. The maximum atomic E-state index is 9.54. The molecule has 76 valence electrons. The van der Waals surface area contributed by atoms with Crippen LogP contribution in [0.3, 0.4) is 0 Å². The first-order valence-electron chi connectivity index (χ1n) is 2.47. The lowest BCUT2D eigenvalue weighted by molar-refractivity contribution is -0.191. The van der Waals surface area contributed by atoms with E-state index in [9.17, 15) is 8.42 Å². The predicted molar refractivity (Wildman–Crippen MR) is 41.8 cm³/mol. The quantitative estimate of drug-likeness (QED) is 0.568. The molecular weight excluding hydrogens is 212 g/mol. The molecule has 0 aliphatic carbocycles. The Morgan fingerprint density at radius 2 is 1.33 bits per heavy atom. The summed E-state index contributed by atoms with van der Waals surface area (Å²) in [6.45, 7) is 4.00. The highest BCUT2D eigenvalue weighted by molar-refractivity contribution is 8.09. The summed E-state index contributed by atoms with van der Waals surface area (Å²) < 4.78 is 22.8. The van der Waals surface area contributed by atoms with Gasteiger partial charge in [0, 0.05) is 10.7 Å². The molecular formula is C4H11ClO6S. The third-order valence-corrected chi connectivity index (χ3v) is 0.975.